The summed E-state index contributed by atoms with van der Waals surface area (Å²) in [6, 6.07) is 0. The number of ether oxygens (including phenoxy) is 2. The maximum atomic E-state index is 5.51. The van der Waals surface area contributed by atoms with E-state index < -0.39 is 0 Å². The molecule has 2 nitrogen and oxygen atoms in total. The van der Waals surface area contributed by atoms with Gasteiger partial charge in [0, 0.05) is 7.11 Å². The molecule has 0 radical (unpaired) electrons. The lowest BCUT2D eigenvalue weighted by atomic mass is 10.3. The van der Waals surface area contributed by atoms with Crippen molar-refractivity contribution in [2.24, 2.45) is 0 Å². The first kappa shape index (κ1) is 9.92. The average Bonchev–Trinajstić information content (AvgIpc) is 1.86. The van der Waals surface area contributed by atoms with E-state index in [0.29, 0.717) is 12.7 Å². The monoisotopic (exact) mass is 146 g/mol. The van der Waals surface area contributed by atoms with Gasteiger partial charge in [-0.05, 0) is 20.3 Å². The molecule has 10 heavy (non-hydrogen) atoms. The summed E-state index contributed by atoms with van der Waals surface area (Å²) in [5.74, 6) is 0. The first-order chi connectivity index (χ1) is 4.70. The molecule has 2 heteroatoms. The molecule has 0 aromatic rings. The normalized spacial score (nSPS) is 14.1. The average molecular weight is 146 g/mol. The van der Waals surface area contributed by atoms with Crippen LogP contribution in [0.4, 0.5) is 0 Å². The van der Waals surface area contributed by atoms with Crippen LogP contribution in [0.5, 0.6) is 0 Å². The second-order valence-corrected chi connectivity index (χ2v) is 2.67. The van der Waals surface area contributed by atoms with Gasteiger partial charge in [0.25, 0.3) is 0 Å². The summed E-state index contributed by atoms with van der Waals surface area (Å²) in [4.78, 5) is 0. The van der Waals surface area contributed by atoms with Gasteiger partial charge in [-0.3, -0.25) is 0 Å². The minimum atomic E-state index is 0.269. The Morgan fingerprint density at radius 3 is 2.20 bits per heavy atom. The molecule has 0 aromatic carbocycles. The van der Waals surface area contributed by atoms with Crippen LogP contribution < -0.4 is 0 Å². The van der Waals surface area contributed by atoms with Crippen LogP contribution in [-0.4, -0.2) is 25.9 Å². The highest BCUT2D eigenvalue weighted by Gasteiger charge is 2.06. The maximum Gasteiger partial charge on any atom is 0.0809 e. The highest BCUT2D eigenvalue weighted by Crippen LogP contribution is 2.01. The molecule has 0 saturated carbocycles. The van der Waals surface area contributed by atoms with Gasteiger partial charge in [0.15, 0.2) is 0 Å². The smallest absolute Gasteiger partial charge is 0.0809 e. The first-order valence-corrected chi connectivity index (χ1v) is 3.85. The van der Waals surface area contributed by atoms with Crippen LogP contribution >= 0.6 is 0 Å². The fourth-order valence-corrected chi connectivity index (χ4v) is 0.824. The molecule has 0 aliphatic carbocycles. The number of hydrogen-bond donors (Lipinski definition) is 0. The van der Waals surface area contributed by atoms with E-state index in [2.05, 4.69) is 6.92 Å². The minimum Gasteiger partial charge on any atom is -0.382 e. The van der Waals surface area contributed by atoms with Crippen LogP contribution in [0.1, 0.15) is 27.2 Å². The van der Waals surface area contributed by atoms with E-state index in [0.717, 1.165) is 6.42 Å². The van der Waals surface area contributed by atoms with Gasteiger partial charge >= 0.3 is 0 Å². The number of rotatable bonds is 5. The van der Waals surface area contributed by atoms with Gasteiger partial charge in [0.1, 0.15) is 0 Å². The topological polar surface area (TPSA) is 18.5 Å². The quantitative estimate of drug-likeness (QED) is 0.589. The van der Waals surface area contributed by atoms with Gasteiger partial charge in [-0.25, -0.2) is 0 Å². The van der Waals surface area contributed by atoms with E-state index >= 15 is 0 Å². The molecule has 0 aliphatic heterocycles. The van der Waals surface area contributed by atoms with E-state index in [1.54, 1.807) is 7.11 Å². The molecule has 0 aromatic heterocycles. The summed E-state index contributed by atoms with van der Waals surface area (Å²) in [5.41, 5.74) is 0. The molecule has 0 saturated heterocycles. The third kappa shape index (κ3) is 4.77. The fourth-order valence-electron chi connectivity index (χ4n) is 0.824. The maximum absolute atomic E-state index is 5.51. The predicted octanol–water partition coefficient (Wildman–Crippen LogP) is 1.84. The molecule has 1 atom stereocenters. The van der Waals surface area contributed by atoms with Gasteiger partial charge in [-0.1, -0.05) is 6.92 Å². The van der Waals surface area contributed by atoms with Crippen LogP contribution in [0.15, 0.2) is 0 Å². The van der Waals surface area contributed by atoms with Gasteiger partial charge in [0.2, 0.25) is 0 Å². The van der Waals surface area contributed by atoms with E-state index in [9.17, 15) is 0 Å². The zero-order valence-electron chi connectivity index (χ0n) is 7.39. The second kappa shape index (κ2) is 5.69. The van der Waals surface area contributed by atoms with Gasteiger partial charge in [0.05, 0.1) is 18.8 Å². The molecule has 0 fully saturated rings. The Morgan fingerprint density at radius 1 is 1.30 bits per heavy atom. The number of hydrogen-bond acceptors (Lipinski definition) is 2. The predicted molar refractivity (Wildman–Crippen MR) is 42.2 cm³/mol. The Balaban J connectivity index is 3.39. The second-order valence-electron chi connectivity index (χ2n) is 2.67. The molecule has 0 rings (SSSR count). The molecule has 62 valence electrons. The van der Waals surface area contributed by atoms with Crippen LogP contribution in [0, 0.1) is 0 Å². The van der Waals surface area contributed by atoms with Crippen LogP contribution in [-0.2, 0) is 9.47 Å². The first-order valence-electron chi connectivity index (χ1n) is 3.85. The third-order valence-electron chi connectivity index (χ3n) is 1.27. The van der Waals surface area contributed by atoms with Crippen molar-refractivity contribution in [3.63, 3.8) is 0 Å². The molecule has 0 heterocycles. The van der Waals surface area contributed by atoms with E-state index in [4.69, 9.17) is 9.47 Å². The van der Waals surface area contributed by atoms with Crippen LogP contribution in [0.3, 0.4) is 0 Å². The highest BCUT2D eigenvalue weighted by molar-refractivity contribution is 4.54. The van der Waals surface area contributed by atoms with Crippen LogP contribution in [0.2, 0.25) is 0 Å². The summed E-state index contributed by atoms with van der Waals surface area (Å²) in [7, 11) is 1.70. The number of methoxy groups -OCH3 is 1. The van der Waals surface area contributed by atoms with Gasteiger partial charge in [-0.15, -0.1) is 0 Å². The Kier molecular flexibility index (Phi) is 5.64. The van der Waals surface area contributed by atoms with Crippen LogP contribution in [0.25, 0.3) is 0 Å². The third-order valence-corrected chi connectivity index (χ3v) is 1.27. The van der Waals surface area contributed by atoms with E-state index in [1.165, 1.54) is 0 Å². The van der Waals surface area contributed by atoms with E-state index in [1.807, 2.05) is 13.8 Å². The fraction of sp³-hybridized carbons (Fsp3) is 1.00. The molecule has 0 bridgehead atoms. The molecule has 0 spiro atoms. The molecular formula is C8H18O2. The molecule has 0 unspecified atom stereocenters. The lowest BCUT2D eigenvalue weighted by molar-refractivity contribution is -0.0351. The lowest BCUT2D eigenvalue weighted by Crippen LogP contribution is -2.21. The summed E-state index contributed by atoms with van der Waals surface area (Å²) >= 11 is 0. The van der Waals surface area contributed by atoms with Crippen molar-refractivity contribution in [1.29, 1.82) is 0 Å². The Bertz CT molecular complexity index is 71.7. The molecule has 0 N–H and O–H groups in total. The van der Waals surface area contributed by atoms with Crippen molar-refractivity contribution >= 4 is 0 Å². The summed E-state index contributed by atoms with van der Waals surface area (Å²) in [6.07, 6.45) is 1.59. The Morgan fingerprint density at radius 2 is 1.90 bits per heavy atom. The lowest BCUT2D eigenvalue weighted by Gasteiger charge is -2.17. The van der Waals surface area contributed by atoms with Gasteiger partial charge < -0.3 is 9.47 Å². The summed E-state index contributed by atoms with van der Waals surface area (Å²) in [5, 5.41) is 0. The van der Waals surface area contributed by atoms with Crippen molar-refractivity contribution in [1.82, 2.24) is 0 Å². The summed E-state index contributed by atoms with van der Waals surface area (Å²) < 4.78 is 10.5. The SMILES string of the molecule is CC[C@H](COC)OC(C)C. The van der Waals surface area contributed by atoms with Crippen molar-refractivity contribution in [3.8, 4) is 0 Å². The van der Waals surface area contributed by atoms with Crippen molar-refractivity contribution in [3.05, 3.63) is 0 Å². The van der Waals surface area contributed by atoms with Crippen molar-refractivity contribution in [2.75, 3.05) is 13.7 Å². The summed E-state index contributed by atoms with van der Waals surface area (Å²) in [6.45, 7) is 6.89. The molecule has 0 aliphatic rings. The van der Waals surface area contributed by atoms with E-state index in [-0.39, 0.29) is 6.10 Å². The van der Waals surface area contributed by atoms with Crippen molar-refractivity contribution < 1.29 is 9.47 Å². The zero-order valence-corrected chi connectivity index (χ0v) is 7.39. The Labute approximate surface area is 63.5 Å². The largest absolute Gasteiger partial charge is 0.382 e. The molecule has 0 amide bonds. The van der Waals surface area contributed by atoms with Crippen molar-refractivity contribution in [2.45, 2.75) is 39.4 Å². The highest BCUT2D eigenvalue weighted by atomic mass is 16.5. The Hall–Kier alpha value is -0.0800. The molecular weight excluding hydrogens is 128 g/mol. The minimum absolute atomic E-state index is 0.269. The zero-order chi connectivity index (χ0) is 7.98. The van der Waals surface area contributed by atoms with Gasteiger partial charge in [-0.2, -0.15) is 0 Å². The standard InChI is InChI=1S/C8H18O2/c1-5-8(6-9-4)10-7(2)3/h7-8H,5-6H2,1-4H3/t8-/m1/s1.